The van der Waals surface area contributed by atoms with Gasteiger partial charge in [0.2, 0.25) is 5.76 Å². The van der Waals surface area contributed by atoms with Crippen molar-refractivity contribution < 1.29 is 13.9 Å². The number of esters is 1. The molecule has 0 aliphatic rings. The molecule has 0 aliphatic carbocycles. The van der Waals surface area contributed by atoms with E-state index in [1.807, 2.05) is 0 Å². The number of alkyl halides is 2. The molecule has 5 heteroatoms. The monoisotopic (exact) mass is 222 g/mol. The Labute approximate surface area is 85.6 Å². The molecule has 0 bridgehead atoms. The first kappa shape index (κ1) is 10.4. The van der Waals surface area contributed by atoms with E-state index in [2.05, 4.69) is 0 Å². The maximum atomic E-state index is 11.2. The maximum Gasteiger partial charge on any atom is 0.374 e. The number of carbonyl (C=O) groups excluding carboxylic acids is 1. The summed E-state index contributed by atoms with van der Waals surface area (Å²) in [5.41, 5.74) is 0. The minimum absolute atomic E-state index is 0.153. The van der Waals surface area contributed by atoms with Gasteiger partial charge in [-0.2, -0.15) is 0 Å². The van der Waals surface area contributed by atoms with Crippen LogP contribution in [-0.2, 0) is 4.74 Å². The van der Waals surface area contributed by atoms with Crippen molar-refractivity contribution in [2.24, 2.45) is 0 Å². The molecule has 13 heavy (non-hydrogen) atoms. The predicted octanol–water partition coefficient (Wildman–Crippen LogP) is 2.28. The van der Waals surface area contributed by atoms with Crippen molar-refractivity contribution in [2.75, 3.05) is 11.8 Å². The quantitative estimate of drug-likeness (QED) is 0.580. The van der Waals surface area contributed by atoms with E-state index in [1.54, 1.807) is 6.07 Å². The molecule has 1 aromatic heterocycles. The van der Waals surface area contributed by atoms with Crippen LogP contribution >= 0.6 is 23.2 Å². The highest BCUT2D eigenvalue weighted by Crippen LogP contribution is 2.06. The van der Waals surface area contributed by atoms with Crippen LogP contribution in [0.15, 0.2) is 22.8 Å². The predicted molar refractivity (Wildman–Crippen MR) is 49.4 cm³/mol. The molecular formula is C8H8Cl2O3. The number of ether oxygens (including phenoxy) is 1. The Morgan fingerprint density at radius 1 is 1.54 bits per heavy atom. The van der Waals surface area contributed by atoms with Gasteiger partial charge in [-0.15, -0.1) is 23.2 Å². The van der Waals surface area contributed by atoms with Crippen molar-refractivity contribution in [3.63, 3.8) is 0 Å². The number of hydrogen-bond acceptors (Lipinski definition) is 3. The second-order valence-electron chi connectivity index (χ2n) is 2.31. The summed E-state index contributed by atoms with van der Waals surface area (Å²) in [6, 6.07) is 3.12. The molecule has 0 aromatic carbocycles. The van der Waals surface area contributed by atoms with Gasteiger partial charge in [-0.1, -0.05) is 0 Å². The summed E-state index contributed by atoms with van der Waals surface area (Å²) in [5.74, 6) is -0.0390. The molecule has 0 atom stereocenters. The maximum absolute atomic E-state index is 11.2. The molecule has 3 nitrogen and oxygen atoms in total. The van der Waals surface area contributed by atoms with Crippen LogP contribution in [0.2, 0.25) is 0 Å². The molecule has 0 fully saturated rings. The number of rotatable bonds is 4. The van der Waals surface area contributed by atoms with Crippen molar-refractivity contribution >= 4 is 29.2 Å². The molecule has 1 aromatic rings. The summed E-state index contributed by atoms with van der Waals surface area (Å²) in [5, 5.41) is 0. The van der Waals surface area contributed by atoms with E-state index in [0.717, 1.165) is 0 Å². The van der Waals surface area contributed by atoms with E-state index < -0.39 is 12.1 Å². The summed E-state index contributed by atoms with van der Waals surface area (Å²) in [6.45, 7) is 0. The van der Waals surface area contributed by atoms with Gasteiger partial charge in [0.25, 0.3) is 0 Å². The fraction of sp³-hybridized carbons (Fsp3) is 0.375. The first-order valence-corrected chi connectivity index (χ1v) is 4.71. The average molecular weight is 223 g/mol. The zero-order valence-electron chi connectivity index (χ0n) is 6.70. The molecule has 0 unspecified atom stereocenters. The van der Waals surface area contributed by atoms with Gasteiger partial charge < -0.3 is 9.15 Å². The summed E-state index contributed by atoms with van der Waals surface area (Å²) in [7, 11) is 0. The first-order chi connectivity index (χ1) is 6.27. The molecule has 1 rings (SSSR count). The second kappa shape index (κ2) is 5.14. The lowest BCUT2D eigenvalue weighted by molar-refractivity contribution is 0.0353. The van der Waals surface area contributed by atoms with Gasteiger partial charge in [0, 0.05) is 0 Å². The highest BCUT2D eigenvalue weighted by molar-refractivity contribution is 6.21. The molecule has 0 amide bonds. The smallest absolute Gasteiger partial charge is 0.374 e. The Balaban J connectivity index is 2.50. The van der Waals surface area contributed by atoms with Gasteiger partial charge in [-0.25, -0.2) is 4.79 Å². The zero-order valence-corrected chi connectivity index (χ0v) is 8.22. The van der Waals surface area contributed by atoms with E-state index in [1.165, 1.54) is 12.3 Å². The van der Waals surface area contributed by atoms with Crippen LogP contribution in [0.25, 0.3) is 0 Å². The van der Waals surface area contributed by atoms with Crippen molar-refractivity contribution in [3.8, 4) is 0 Å². The lowest BCUT2D eigenvalue weighted by Crippen LogP contribution is -2.21. The number of hydrogen-bond donors (Lipinski definition) is 0. The molecule has 1 heterocycles. The van der Waals surface area contributed by atoms with Crippen molar-refractivity contribution in [3.05, 3.63) is 24.2 Å². The topological polar surface area (TPSA) is 39.4 Å². The van der Waals surface area contributed by atoms with Crippen LogP contribution in [0.4, 0.5) is 0 Å². The van der Waals surface area contributed by atoms with Crippen LogP contribution in [0.3, 0.4) is 0 Å². The third-order valence-electron chi connectivity index (χ3n) is 1.34. The summed E-state index contributed by atoms with van der Waals surface area (Å²) < 4.78 is 9.72. The molecular weight excluding hydrogens is 215 g/mol. The third kappa shape index (κ3) is 2.94. The average Bonchev–Trinajstić information content (AvgIpc) is 2.66. The van der Waals surface area contributed by atoms with E-state index in [0.29, 0.717) is 0 Å². The standard InChI is InChI=1S/C8H8Cl2O3/c9-4-6(5-10)13-8(11)7-2-1-3-12-7/h1-3,6H,4-5H2. The third-order valence-corrected chi connectivity index (χ3v) is 2.03. The fourth-order valence-corrected chi connectivity index (χ4v) is 1.16. The molecule has 0 N–H and O–H groups in total. The second-order valence-corrected chi connectivity index (χ2v) is 2.93. The van der Waals surface area contributed by atoms with Crippen molar-refractivity contribution in [1.82, 2.24) is 0 Å². The molecule has 72 valence electrons. The van der Waals surface area contributed by atoms with E-state index in [9.17, 15) is 4.79 Å². The van der Waals surface area contributed by atoms with E-state index in [4.69, 9.17) is 32.4 Å². The SMILES string of the molecule is O=C(OC(CCl)CCl)c1ccco1. The van der Waals surface area contributed by atoms with Gasteiger partial charge in [0.1, 0.15) is 6.10 Å². The highest BCUT2D eigenvalue weighted by atomic mass is 35.5. The van der Waals surface area contributed by atoms with Crippen LogP contribution < -0.4 is 0 Å². The van der Waals surface area contributed by atoms with Crippen LogP contribution in [0.1, 0.15) is 10.6 Å². The molecule has 0 spiro atoms. The Kier molecular flexibility index (Phi) is 4.12. The largest absolute Gasteiger partial charge is 0.457 e. The highest BCUT2D eigenvalue weighted by Gasteiger charge is 2.15. The lowest BCUT2D eigenvalue weighted by Gasteiger charge is -2.10. The first-order valence-electron chi connectivity index (χ1n) is 3.64. The number of furan rings is 1. The van der Waals surface area contributed by atoms with Gasteiger partial charge in [-0.3, -0.25) is 0 Å². The Morgan fingerprint density at radius 2 is 2.23 bits per heavy atom. The fourth-order valence-electron chi connectivity index (χ4n) is 0.708. The Hall–Kier alpha value is -0.670. The lowest BCUT2D eigenvalue weighted by atomic mass is 10.4. The van der Waals surface area contributed by atoms with E-state index in [-0.39, 0.29) is 17.5 Å². The van der Waals surface area contributed by atoms with Crippen LogP contribution in [0.5, 0.6) is 0 Å². The minimum atomic E-state index is -0.545. The van der Waals surface area contributed by atoms with Gasteiger partial charge in [0.15, 0.2) is 0 Å². The summed E-state index contributed by atoms with van der Waals surface area (Å²) in [6.07, 6.45) is 0.924. The minimum Gasteiger partial charge on any atom is -0.457 e. The normalized spacial score (nSPS) is 10.4. The Bertz CT molecular complexity index is 254. The molecule has 0 aliphatic heterocycles. The summed E-state index contributed by atoms with van der Waals surface area (Å²) in [4.78, 5) is 11.2. The van der Waals surface area contributed by atoms with Crippen molar-refractivity contribution in [1.29, 1.82) is 0 Å². The summed E-state index contributed by atoms with van der Waals surface area (Å²) >= 11 is 11.0. The molecule has 0 saturated heterocycles. The Morgan fingerprint density at radius 3 is 2.69 bits per heavy atom. The zero-order chi connectivity index (χ0) is 9.68. The van der Waals surface area contributed by atoms with Gasteiger partial charge in [-0.05, 0) is 12.1 Å². The number of carbonyl (C=O) groups is 1. The molecule has 0 saturated carbocycles. The number of halogens is 2. The van der Waals surface area contributed by atoms with Gasteiger partial charge >= 0.3 is 5.97 Å². The molecule has 0 radical (unpaired) electrons. The van der Waals surface area contributed by atoms with Gasteiger partial charge in [0.05, 0.1) is 18.0 Å². The van der Waals surface area contributed by atoms with Crippen LogP contribution in [-0.4, -0.2) is 23.8 Å². The van der Waals surface area contributed by atoms with E-state index >= 15 is 0 Å². The van der Waals surface area contributed by atoms with Crippen LogP contribution in [0, 0.1) is 0 Å². The van der Waals surface area contributed by atoms with Crippen molar-refractivity contribution in [2.45, 2.75) is 6.10 Å².